The minimum absolute atomic E-state index is 0. The number of hydrogen-bond donors (Lipinski definition) is 0. The normalized spacial score (nSPS) is 12.5. The van der Waals surface area contributed by atoms with Crippen molar-refractivity contribution in [1.82, 2.24) is 0 Å². The van der Waals surface area contributed by atoms with E-state index >= 15 is 0 Å². The first kappa shape index (κ1) is 21.4. The fourth-order valence-corrected chi connectivity index (χ4v) is 4.04. The molecule has 6 heteroatoms. The van der Waals surface area contributed by atoms with Crippen LogP contribution in [0.5, 0.6) is 0 Å². The van der Waals surface area contributed by atoms with Crippen molar-refractivity contribution in [3.8, 4) is 0 Å². The van der Waals surface area contributed by atoms with E-state index in [-0.39, 0.29) is 65.5 Å². The monoisotopic (exact) mass is 344 g/mol. The van der Waals surface area contributed by atoms with Crippen LogP contribution in [0.2, 0.25) is 0 Å². The van der Waals surface area contributed by atoms with Gasteiger partial charge < -0.3 is 14.4 Å². The molecule has 108 valence electrons. The van der Waals surface area contributed by atoms with Crippen molar-refractivity contribution in [3.63, 3.8) is 0 Å². The summed E-state index contributed by atoms with van der Waals surface area (Å²) in [5, 5.41) is 3.60. The quantitative estimate of drug-likeness (QED) is 0.297. The Kier molecular flexibility index (Phi) is 8.01. The van der Waals surface area contributed by atoms with E-state index in [0.717, 1.165) is 21.5 Å². The van der Waals surface area contributed by atoms with Gasteiger partial charge in [-0.05, 0) is 39.6 Å². The Hall–Kier alpha value is 0.330. The average molecular weight is 344 g/mol. The third kappa shape index (κ3) is 4.30. The second-order valence-electron chi connectivity index (χ2n) is 5.20. The van der Waals surface area contributed by atoms with E-state index in [1.54, 1.807) is 6.92 Å². The molecule has 0 N–H and O–H groups in total. The topological polar surface area (TPSA) is 63.2 Å². The minimum atomic E-state index is -4.71. The van der Waals surface area contributed by atoms with Gasteiger partial charge in [0, 0.05) is 5.66 Å². The zero-order chi connectivity index (χ0) is 15.0. The van der Waals surface area contributed by atoms with E-state index in [1.165, 1.54) is 0 Å². The van der Waals surface area contributed by atoms with Crippen LogP contribution < -0.4 is 68.9 Å². The molecule has 0 heterocycles. The van der Waals surface area contributed by atoms with Gasteiger partial charge in [0.05, 0.1) is 0 Å². The van der Waals surface area contributed by atoms with Crippen LogP contribution in [-0.2, 0) is 4.57 Å². The van der Waals surface area contributed by atoms with Crippen molar-refractivity contribution in [1.29, 1.82) is 0 Å². The van der Waals surface area contributed by atoms with Crippen LogP contribution in [0.15, 0.2) is 54.6 Å². The number of fused-ring (bicyclic) bond motifs is 2. The number of rotatable bonds is 3. The summed E-state index contributed by atoms with van der Waals surface area (Å²) in [4.78, 5) is 23.4. The molecule has 0 amide bonds. The van der Waals surface area contributed by atoms with Gasteiger partial charge in [-0.25, -0.2) is 0 Å². The zero-order valence-electron chi connectivity index (χ0n) is 13.7. The standard InChI is InChI=1S/C17H17O3P.2Na/c1-2-16(21(18,19)20)17-14-9-5-3-7-12(14)11-13-8-4-6-10-15(13)17;;/h3-11,16H,2H2,1H3,(H2,18,19,20);;/q;2*+1/p-2. The molecule has 0 spiro atoms. The average Bonchev–Trinajstić information content (AvgIpc) is 2.46. The summed E-state index contributed by atoms with van der Waals surface area (Å²) in [6, 6.07) is 17.2. The van der Waals surface area contributed by atoms with Gasteiger partial charge in [0.2, 0.25) is 0 Å². The predicted octanol–water partition coefficient (Wildman–Crippen LogP) is -2.63. The summed E-state index contributed by atoms with van der Waals surface area (Å²) in [6.07, 6.45) is 0.280. The molecule has 0 saturated heterocycles. The van der Waals surface area contributed by atoms with Crippen LogP contribution in [-0.4, -0.2) is 0 Å². The van der Waals surface area contributed by atoms with Crippen molar-refractivity contribution in [3.05, 3.63) is 60.2 Å². The van der Waals surface area contributed by atoms with E-state index in [0.29, 0.717) is 5.56 Å². The molecule has 0 saturated carbocycles. The third-order valence-corrected chi connectivity index (χ3v) is 5.30. The molecule has 23 heavy (non-hydrogen) atoms. The Labute approximate surface area is 180 Å². The SMILES string of the molecule is CCC(c1c2ccccc2cc2ccccc12)P(=O)([O-])[O-].[Na+].[Na+]. The largest absolute Gasteiger partial charge is 1.00 e. The Bertz CT molecular complexity index is 807. The second-order valence-corrected chi connectivity index (χ2v) is 6.90. The summed E-state index contributed by atoms with van der Waals surface area (Å²) >= 11 is 0. The molecule has 0 aliphatic carbocycles. The fraction of sp³-hybridized carbons (Fsp3) is 0.176. The fourth-order valence-electron chi connectivity index (χ4n) is 2.99. The Morgan fingerprint density at radius 1 is 0.913 bits per heavy atom. The molecule has 3 aromatic carbocycles. The minimum Gasteiger partial charge on any atom is -0.810 e. The van der Waals surface area contributed by atoms with Gasteiger partial charge in [0.1, 0.15) is 0 Å². The van der Waals surface area contributed by atoms with Crippen LogP contribution >= 0.6 is 7.60 Å². The number of hydrogen-bond acceptors (Lipinski definition) is 3. The summed E-state index contributed by atoms with van der Waals surface area (Å²) in [7, 11) is -4.71. The molecule has 3 rings (SSSR count). The van der Waals surface area contributed by atoms with E-state index in [2.05, 4.69) is 0 Å². The van der Waals surface area contributed by atoms with Gasteiger partial charge in [-0.15, -0.1) is 0 Å². The Balaban J connectivity index is 0.00000132. The predicted molar refractivity (Wildman–Crippen MR) is 82.1 cm³/mol. The van der Waals surface area contributed by atoms with Crippen molar-refractivity contribution < 1.29 is 73.5 Å². The summed E-state index contributed by atoms with van der Waals surface area (Å²) in [5.41, 5.74) is -0.354. The van der Waals surface area contributed by atoms with Crippen molar-refractivity contribution in [2.45, 2.75) is 19.0 Å². The molecular formula is C17H15Na2O3P. The Morgan fingerprint density at radius 3 is 1.74 bits per heavy atom. The molecule has 1 atom stereocenters. The van der Waals surface area contributed by atoms with Crippen LogP contribution in [0.4, 0.5) is 0 Å². The molecule has 0 aliphatic heterocycles. The first-order valence-corrected chi connectivity index (χ1v) is 8.55. The molecule has 0 fully saturated rings. The third-order valence-electron chi connectivity index (χ3n) is 3.91. The summed E-state index contributed by atoms with van der Waals surface area (Å²) < 4.78 is 11.7. The molecule has 3 nitrogen and oxygen atoms in total. The van der Waals surface area contributed by atoms with Gasteiger partial charge in [-0.3, -0.25) is 0 Å². The smallest absolute Gasteiger partial charge is 0.810 e. The molecule has 3 aromatic rings. The molecule has 0 bridgehead atoms. The molecular weight excluding hydrogens is 329 g/mol. The van der Waals surface area contributed by atoms with Crippen LogP contribution in [0.3, 0.4) is 0 Å². The summed E-state index contributed by atoms with van der Waals surface area (Å²) in [6.45, 7) is 1.74. The maximum Gasteiger partial charge on any atom is 1.00 e. The van der Waals surface area contributed by atoms with Gasteiger partial charge in [0.25, 0.3) is 0 Å². The van der Waals surface area contributed by atoms with Gasteiger partial charge >= 0.3 is 59.1 Å². The molecule has 1 unspecified atom stereocenters. The van der Waals surface area contributed by atoms with Gasteiger partial charge in [0.15, 0.2) is 0 Å². The molecule has 0 radical (unpaired) electrons. The van der Waals surface area contributed by atoms with Crippen LogP contribution in [0.25, 0.3) is 21.5 Å². The summed E-state index contributed by atoms with van der Waals surface area (Å²) in [5.74, 6) is 0. The Morgan fingerprint density at radius 2 is 1.35 bits per heavy atom. The second kappa shape index (κ2) is 8.62. The van der Waals surface area contributed by atoms with E-state index < -0.39 is 13.3 Å². The first-order valence-electron chi connectivity index (χ1n) is 6.94. The van der Waals surface area contributed by atoms with Crippen LogP contribution in [0.1, 0.15) is 24.6 Å². The van der Waals surface area contributed by atoms with E-state index in [9.17, 15) is 14.4 Å². The zero-order valence-corrected chi connectivity index (χ0v) is 18.5. The van der Waals surface area contributed by atoms with Crippen molar-refractivity contribution in [2.24, 2.45) is 0 Å². The maximum atomic E-state index is 11.7. The van der Waals surface area contributed by atoms with Gasteiger partial charge in [-0.1, -0.05) is 63.1 Å². The van der Waals surface area contributed by atoms with E-state index in [1.807, 2.05) is 54.6 Å². The van der Waals surface area contributed by atoms with Gasteiger partial charge in [-0.2, -0.15) is 0 Å². The van der Waals surface area contributed by atoms with Crippen LogP contribution in [0, 0.1) is 0 Å². The number of benzene rings is 3. The molecule has 0 aliphatic rings. The first-order chi connectivity index (χ1) is 10.0. The van der Waals surface area contributed by atoms with Crippen molar-refractivity contribution >= 4 is 29.1 Å². The maximum absolute atomic E-state index is 11.7. The van der Waals surface area contributed by atoms with E-state index in [4.69, 9.17) is 0 Å². The van der Waals surface area contributed by atoms with Crippen molar-refractivity contribution in [2.75, 3.05) is 0 Å². The molecule has 0 aromatic heterocycles.